The van der Waals surface area contributed by atoms with E-state index >= 15 is 0 Å². The number of carbonyl (C=O) groups excluding carboxylic acids is 1. The van der Waals surface area contributed by atoms with Crippen LogP contribution in [0.5, 0.6) is 0 Å². The van der Waals surface area contributed by atoms with Gasteiger partial charge in [0, 0.05) is 18.2 Å². The lowest BCUT2D eigenvalue weighted by Gasteiger charge is -2.19. The SMILES string of the molecule is Cc1noc(C)c1CNC(=O)C(C)C(N)c1ccccc1.Cl. The third kappa shape index (κ3) is 4.08. The normalized spacial score (nSPS) is 13.1. The Morgan fingerprint density at radius 3 is 2.50 bits per heavy atom. The number of nitrogens with one attached hydrogen (secondary N) is 1. The highest BCUT2D eigenvalue weighted by atomic mass is 35.5. The zero-order valence-electron chi connectivity index (χ0n) is 13.0. The van der Waals surface area contributed by atoms with E-state index in [1.807, 2.05) is 51.1 Å². The van der Waals surface area contributed by atoms with Crippen LogP contribution in [0.15, 0.2) is 34.9 Å². The summed E-state index contributed by atoms with van der Waals surface area (Å²) in [6, 6.07) is 9.31. The van der Waals surface area contributed by atoms with Crippen molar-refractivity contribution in [1.82, 2.24) is 10.5 Å². The molecule has 0 spiro atoms. The molecule has 120 valence electrons. The maximum atomic E-state index is 12.2. The lowest BCUT2D eigenvalue weighted by molar-refractivity contribution is -0.125. The minimum Gasteiger partial charge on any atom is -0.361 e. The van der Waals surface area contributed by atoms with Gasteiger partial charge in [0.2, 0.25) is 5.91 Å². The first kappa shape index (κ1) is 18.2. The number of amides is 1. The molecule has 6 heteroatoms. The Balaban J connectivity index is 0.00000242. The molecule has 0 aliphatic heterocycles. The maximum absolute atomic E-state index is 12.2. The fraction of sp³-hybridized carbons (Fsp3) is 0.375. The third-order valence-electron chi connectivity index (χ3n) is 3.76. The Morgan fingerprint density at radius 2 is 1.95 bits per heavy atom. The lowest BCUT2D eigenvalue weighted by atomic mass is 9.94. The van der Waals surface area contributed by atoms with Gasteiger partial charge >= 0.3 is 0 Å². The van der Waals surface area contributed by atoms with E-state index in [1.54, 1.807) is 0 Å². The minimum absolute atomic E-state index is 0. The zero-order valence-corrected chi connectivity index (χ0v) is 13.8. The summed E-state index contributed by atoms with van der Waals surface area (Å²) in [7, 11) is 0. The second kappa shape index (κ2) is 7.96. The number of rotatable bonds is 5. The fourth-order valence-electron chi connectivity index (χ4n) is 2.22. The first-order chi connectivity index (χ1) is 10.0. The number of nitrogens with two attached hydrogens (primary N) is 1. The number of aromatic nitrogens is 1. The Kier molecular flexibility index (Phi) is 6.59. The van der Waals surface area contributed by atoms with Crippen molar-refractivity contribution in [2.24, 2.45) is 11.7 Å². The quantitative estimate of drug-likeness (QED) is 0.886. The molecule has 0 fully saturated rings. The van der Waals surface area contributed by atoms with Crippen molar-refractivity contribution in [2.45, 2.75) is 33.4 Å². The predicted octanol–water partition coefficient (Wildman–Crippen LogP) is 2.67. The fourth-order valence-corrected chi connectivity index (χ4v) is 2.22. The monoisotopic (exact) mass is 323 g/mol. The average Bonchev–Trinajstić information content (AvgIpc) is 2.83. The second-order valence-electron chi connectivity index (χ2n) is 5.25. The van der Waals surface area contributed by atoms with Crippen molar-refractivity contribution < 1.29 is 9.32 Å². The first-order valence-electron chi connectivity index (χ1n) is 7.00. The van der Waals surface area contributed by atoms with Gasteiger partial charge < -0.3 is 15.6 Å². The number of nitrogens with zero attached hydrogens (tertiary/aromatic N) is 1. The van der Waals surface area contributed by atoms with Gasteiger partial charge in [-0.1, -0.05) is 42.4 Å². The van der Waals surface area contributed by atoms with E-state index in [4.69, 9.17) is 10.3 Å². The summed E-state index contributed by atoms with van der Waals surface area (Å²) >= 11 is 0. The molecule has 22 heavy (non-hydrogen) atoms. The molecule has 1 heterocycles. The standard InChI is InChI=1S/C16H21N3O2.ClH/c1-10(15(17)13-7-5-4-6-8-13)16(20)18-9-14-11(2)19-21-12(14)3;/h4-8,10,15H,9,17H2,1-3H3,(H,18,20);1H. The van der Waals surface area contributed by atoms with Gasteiger partial charge in [0.15, 0.2) is 0 Å². The lowest BCUT2D eigenvalue weighted by Crippen LogP contribution is -2.35. The number of carbonyl (C=O) groups is 1. The third-order valence-corrected chi connectivity index (χ3v) is 3.76. The van der Waals surface area contributed by atoms with Gasteiger partial charge in [-0.2, -0.15) is 0 Å². The summed E-state index contributed by atoms with van der Waals surface area (Å²) in [5, 5.41) is 6.77. The van der Waals surface area contributed by atoms with Crippen LogP contribution in [0.25, 0.3) is 0 Å². The highest BCUT2D eigenvalue weighted by molar-refractivity contribution is 5.85. The van der Waals surface area contributed by atoms with E-state index in [0.717, 1.165) is 22.6 Å². The maximum Gasteiger partial charge on any atom is 0.225 e. The van der Waals surface area contributed by atoms with Crippen LogP contribution in [0, 0.1) is 19.8 Å². The largest absolute Gasteiger partial charge is 0.361 e. The molecular formula is C16H22ClN3O2. The van der Waals surface area contributed by atoms with Crippen molar-refractivity contribution in [3.8, 4) is 0 Å². The Hall–Kier alpha value is -1.85. The number of benzene rings is 1. The molecule has 0 bridgehead atoms. The minimum atomic E-state index is -0.323. The molecule has 0 saturated heterocycles. The van der Waals surface area contributed by atoms with Gasteiger partial charge in [0.05, 0.1) is 11.6 Å². The summed E-state index contributed by atoms with van der Waals surface area (Å²) in [6.45, 7) is 5.93. The summed E-state index contributed by atoms with van der Waals surface area (Å²) in [5.41, 5.74) is 8.83. The molecule has 5 nitrogen and oxygen atoms in total. The van der Waals surface area contributed by atoms with E-state index in [9.17, 15) is 4.79 Å². The van der Waals surface area contributed by atoms with E-state index in [1.165, 1.54) is 0 Å². The van der Waals surface area contributed by atoms with Crippen LogP contribution >= 0.6 is 12.4 Å². The van der Waals surface area contributed by atoms with Crippen molar-refractivity contribution in [3.63, 3.8) is 0 Å². The average molecular weight is 324 g/mol. The number of halogens is 1. The summed E-state index contributed by atoms with van der Waals surface area (Å²) in [5.74, 6) is 0.340. The topological polar surface area (TPSA) is 81.2 Å². The van der Waals surface area contributed by atoms with Crippen molar-refractivity contribution in [1.29, 1.82) is 0 Å². The van der Waals surface area contributed by atoms with Crippen LogP contribution in [0.3, 0.4) is 0 Å². The molecule has 3 N–H and O–H groups in total. The van der Waals surface area contributed by atoms with E-state index in [2.05, 4.69) is 10.5 Å². The van der Waals surface area contributed by atoms with Gasteiger partial charge in [-0.25, -0.2) is 0 Å². The highest BCUT2D eigenvalue weighted by Crippen LogP contribution is 2.19. The van der Waals surface area contributed by atoms with Crippen molar-refractivity contribution in [2.75, 3.05) is 0 Å². The van der Waals surface area contributed by atoms with Crippen molar-refractivity contribution >= 4 is 18.3 Å². The highest BCUT2D eigenvalue weighted by Gasteiger charge is 2.22. The number of hydrogen-bond acceptors (Lipinski definition) is 4. The molecule has 1 aromatic carbocycles. The Labute approximate surface area is 136 Å². The van der Waals surface area contributed by atoms with E-state index < -0.39 is 0 Å². The van der Waals surface area contributed by atoms with Crippen LogP contribution in [0.2, 0.25) is 0 Å². The van der Waals surface area contributed by atoms with Crippen LogP contribution in [0.1, 0.15) is 35.5 Å². The van der Waals surface area contributed by atoms with Gasteiger partial charge in [0.1, 0.15) is 5.76 Å². The molecular weight excluding hydrogens is 302 g/mol. The van der Waals surface area contributed by atoms with Gasteiger partial charge in [-0.15, -0.1) is 12.4 Å². The Bertz CT molecular complexity index is 594. The summed E-state index contributed by atoms with van der Waals surface area (Å²) in [4.78, 5) is 12.2. The molecule has 0 aliphatic rings. The van der Waals surface area contributed by atoms with Crippen molar-refractivity contribution in [3.05, 3.63) is 52.9 Å². The molecule has 2 unspecified atom stereocenters. The zero-order chi connectivity index (χ0) is 15.4. The van der Waals surface area contributed by atoms with E-state index in [-0.39, 0.29) is 30.3 Å². The molecule has 0 saturated carbocycles. The molecule has 0 radical (unpaired) electrons. The van der Waals surface area contributed by atoms with Crippen LogP contribution in [-0.2, 0) is 11.3 Å². The first-order valence-corrected chi connectivity index (χ1v) is 7.00. The van der Waals surface area contributed by atoms with E-state index in [0.29, 0.717) is 6.54 Å². The molecule has 1 aromatic heterocycles. The van der Waals surface area contributed by atoms with Gasteiger partial charge in [0.25, 0.3) is 0 Å². The molecule has 2 rings (SSSR count). The molecule has 2 aromatic rings. The molecule has 1 amide bonds. The number of aryl methyl sites for hydroxylation is 2. The summed E-state index contributed by atoms with van der Waals surface area (Å²) < 4.78 is 5.08. The number of hydrogen-bond donors (Lipinski definition) is 2. The van der Waals surface area contributed by atoms with Crippen LogP contribution in [-0.4, -0.2) is 11.1 Å². The van der Waals surface area contributed by atoms with Crippen LogP contribution < -0.4 is 11.1 Å². The predicted molar refractivity (Wildman–Crippen MR) is 87.6 cm³/mol. The molecule has 2 atom stereocenters. The van der Waals surface area contributed by atoms with Gasteiger partial charge in [-0.3, -0.25) is 4.79 Å². The van der Waals surface area contributed by atoms with Crippen LogP contribution in [0.4, 0.5) is 0 Å². The molecule has 0 aliphatic carbocycles. The Morgan fingerprint density at radius 1 is 1.32 bits per heavy atom. The van der Waals surface area contributed by atoms with Gasteiger partial charge in [-0.05, 0) is 19.4 Å². The summed E-state index contributed by atoms with van der Waals surface area (Å²) in [6.07, 6.45) is 0. The smallest absolute Gasteiger partial charge is 0.225 e. The second-order valence-corrected chi connectivity index (χ2v) is 5.25.